The first kappa shape index (κ1) is 17.6. The van der Waals surface area contributed by atoms with Crippen LogP contribution in [0.2, 0.25) is 0 Å². The average molecular weight is 355 g/mol. The van der Waals surface area contributed by atoms with E-state index in [9.17, 15) is 5.11 Å². The Balaban J connectivity index is 1.21. The molecule has 0 amide bonds. The molecule has 1 unspecified atom stereocenters. The van der Waals surface area contributed by atoms with Gasteiger partial charge in [-0.25, -0.2) is 4.98 Å². The van der Waals surface area contributed by atoms with Crippen molar-refractivity contribution in [3.05, 3.63) is 48.8 Å². The zero-order chi connectivity index (χ0) is 17.8. The summed E-state index contributed by atoms with van der Waals surface area (Å²) in [6.07, 6.45) is 13.4. The van der Waals surface area contributed by atoms with Gasteiger partial charge in [0.2, 0.25) is 0 Å². The molecule has 6 nitrogen and oxygen atoms in total. The molecule has 2 aromatic rings. The van der Waals surface area contributed by atoms with Gasteiger partial charge in [-0.15, -0.1) is 0 Å². The third-order valence-electron chi connectivity index (χ3n) is 5.85. The molecule has 0 spiro atoms. The van der Waals surface area contributed by atoms with Crippen molar-refractivity contribution in [3.63, 3.8) is 0 Å². The number of hydrogen-bond acceptors (Lipinski definition) is 5. The number of aliphatic hydroxyl groups is 1. The van der Waals surface area contributed by atoms with Gasteiger partial charge in [-0.05, 0) is 62.4 Å². The summed E-state index contributed by atoms with van der Waals surface area (Å²) in [5.74, 6) is 0.531. The van der Waals surface area contributed by atoms with E-state index in [1.807, 2.05) is 31.1 Å². The lowest BCUT2D eigenvalue weighted by atomic mass is 10.0. The van der Waals surface area contributed by atoms with E-state index in [1.165, 1.54) is 5.56 Å². The third-order valence-corrected chi connectivity index (χ3v) is 5.85. The second-order valence-corrected chi connectivity index (χ2v) is 7.84. The summed E-state index contributed by atoms with van der Waals surface area (Å²) in [4.78, 5) is 10.7. The van der Waals surface area contributed by atoms with Crippen molar-refractivity contribution < 1.29 is 5.11 Å². The van der Waals surface area contributed by atoms with E-state index in [0.29, 0.717) is 12.0 Å². The Hall–Kier alpha value is -1.76. The number of nitrogens with one attached hydrogen (secondary N) is 1. The minimum atomic E-state index is -0.224. The molecule has 3 atom stereocenters. The Morgan fingerprint density at radius 3 is 2.62 bits per heavy atom. The third kappa shape index (κ3) is 4.50. The number of pyridine rings is 1. The zero-order valence-corrected chi connectivity index (χ0v) is 15.2. The number of imidazole rings is 1. The highest BCUT2D eigenvalue weighted by Crippen LogP contribution is 2.28. The van der Waals surface area contributed by atoms with Crippen molar-refractivity contribution in [1.29, 1.82) is 0 Å². The molecule has 1 aliphatic heterocycles. The largest absolute Gasteiger partial charge is 0.391 e. The van der Waals surface area contributed by atoms with E-state index in [1.54, 1.807) is 0 Å². The molecule has 4 rings (SSSR count). The van der Waals surface area contributed by atoms with Gasteiger partial charge in [-0.3, -0.25) is 9.88 Å². The molecular formula is C20H29N5O. The topological polar surface area (TPSA) is 66.2 Å². The molecule has 6 heteroatoms. The van der Waals surface area contributed by atoms with Crippen LogP contribution in [0.3, 0.4) is 0 Å². The molecule has 1 saturated carbocycles. The molecule has 1 aliphatic carbocycles. The highest BCUT2D eigenvalue weighted by molar-refractivity contribution is 5.09. The first-order valence-corrected chi connectivity index (χ1v) is 9.77. The molecule has 26 heavy (non-hydrogen) atoms. The van der Waals surface area contributed by atoms with Crippen LogP contribution in [0, 0.1) is 5.92 Å². The summed E-state index contributed by atoms with van der Waals surface area (Å²) in [6, 6.07) is 4.95. The normalized spacial score (nSPS) is 27.8. The van der Waals surface area contributed by atoms with E-state index in [4.69, 9.17) is 0 Å². The standard InChI is InChI=1S/C20H29N5O/c26-20-12-17(14-25-10-7-22-15-25)11-19(20)23-18-3-8-24(9-4-18)13-16-1-5-21-6-2-16/h1-2,5-7,10,15,17-20,23,26H,3-4,8-9,11-14H2/t17?,19-,20-/m1/s1. The summed E-state index contributed by atoms with van der Waals surface area (Å²) in [6.45, 7) is 4.19. The maximum atomic E-state index is 10.5. The van der Waals surface area contributed by atoms with Crippen molar-refractivity contribution in [2.24, 2.45) is 5.92 Å². The van der Waals surface area contributed by atoms with Gasteiger partial charge in [0.15, 0.2) is 0 Å². The Morgan fingerprint density at radius 2 is 1.88 bits per heavy atom. The summed E-state index contributed by atoms with van der Waals surface area (Å²) in [5.41, 5.74) is 1.33. The lowest BCUT2D eigenvalue weighted by Gasteiger charge is -2.34. The monoisotopic (exact) mass is 355 g/mol. The zero-order valence-electron chi connectivity index (χ0n) is 15.2. The Labute approximate surface area is 155 Å². The predicted octanol–water partition coefficient (Wildman–Crippen LogP) is 1.67. The highest BCUT2D eigenvalue weighted by atomic mass is 16.3. The van der Waals surface area contributed by atoms with Crippen LogP contribution in [0.1, 0.15) is 31.2 Å². The lowest BCUT2D eigenvalue weighted by molar-refractivity contribution is 0.124. The van der Waals surface area contributed by atoms with E-state index in [-0.39, 0.29) is 12.1 Å². The van der Waals surface area contributed by atoms with Crippen LogP contribution in [0.25, 0.3) is 0 Å². The SMILES string of the molecule is O[C@@H]1CC(Cn2ccnc2)C[C@H]1NC1CCN(Cc2ccncc2)CC1. The smallest absolute Gasteiger partial charge is 0.0945 e. The molecule has 0 aromatic carbocycles. The maximum absolute atomic E-state index is 10.5. The highest BCUT2D eigenvalue weighted by Gasteiger charge is 2.34. The fraction of sp³-hybridized carbons (Fsp3) is 0.600. The molecule has 0 bridgehead atoms. The van der Waals surface area contributed by atoms with Crippen LogP contribution < -0.4 is 5.32 Å². The molecular weight excluding hydrogens is 326 g/mol. The molecule has 2 fully saturated rings. The van der Waals surface area contributed by atoms with Crippen LogP contribution in [-0.4, -0.2) is 55.8 Å². The van der Waals surface area contributed by atoms with Crippen molar-refractivity contribution in [2.75, 3.05) is 13.1 Å². The van der Waals surface area contributed by atoms with E-state index >= 15 is 0 Å². The summed E-state index contributed by atoms with van der Waals surface area (Å²) in [5, 5.41) is 14.2. The summed E-state index contributed by atoms with van der Waals surface area (Å²) >= 11 is 0. The number of nitrogens with zero attached hydrogens (tertiary/aromatic N) is 4. The molecule has 140 valence electrons. The van der Waals surface area contributed by atoms with Crippen molar-refractivity contribution in [1.82, 2.24) is 24.8 Å². The molecule has 2 N–H and O–H groups in total. The average Bonchev–Trinajstić information content (AvgIpc) is 3.28. The molecule has 0 radical (unpaired) electrons. The van der Waals surface area contributed by atoms with Crippen molar-refractivity contribution >= 4 is 0 Å². The summed E-state index contributed by atoms with van der Waals surface area (Å²) < 4.78 is 2.12. The van der Waals surface area contributed by atoms with Crippen LogP contribution in [0.4, 0.5) is 0 Å². The molecule has 1 saturated heterocycles. The molecule has 2 aromatic heterocycles. The predicted molar refractivity (Wildman–Crippen MR) is 100 cm³/mol. The first-order chi connectivity index (χ1) is 12.8. The number of aliphatic hydroxyl groups excluding tert-OH is 1. The van der Waals surface area contributed by atoms with Crippen molar-refractivity contribution in [3.8, 4) is 0 Å². The van der Waals surface area contributed by atoms with Gasteiger partial charge in [0.1, 0.15) is 0 Å². The van der Waals surface area contributed by atoms with Gasteiger partial charge in [0.25, 0.3) is 0 Å². The van der Waals surface area contributed by atoms with E-state index in [2.05, 4.69) is 36.9 Å². The fourth-order valence-corrected chi connectivity index (χ4v) is 4.45. The van der Waals surface area contributed by atoms with Crippen LogP contribution in [0.5, 0.6) is 0 Å². The quantitative estimate of drug-likeness (QED) is 0.825. The number of aromatic nitrogens is 3. The van der Waals surface area contributed by atoms with Gasteiger partial charge in [0.05, 0.1) is 12.4 Å². The van der Waals surface area contributed by atoms with Gasteiger partial charge in [-0.1, -0.05) is 0 Å². The second-order valence-electron chi connectivity index (χ2n) is 7.84. The van der Waals surface area contributed by atoms with E-state index in [0.717, 1.165) is 51.9 Å². The minimum absolute atomic E-state index is 0.224. The van der Waals surface area contributed by atoms with E-state index < -0.39 is 0 Å². The maximum Gasteiger partial charge on any atom is 0.0945 e. The van der Waals surface area contributed by atoms with Crippen LogP contribution in [-0.2, 0) is 13.1 Å². The van der Waals surface area contributed by atoms with Crippen molar-refractivity contribution in [2.45, 2.75) is 57.0 Å². The van der Waals surface area contributed by atoms with Gasteiger partial charge < -0.3 is 15.0 Å². The number of likely N-dealkylation sites (tertiary alicyclic amines) is 1. The fourth-order valence-electron chi connectivity index (χ4n) is 4.45. The first-order valence-electron chi connectivity index (χ1n) is 9.77. The molecule has 2 aliphatic rings. The summed E-state index contributed by atoms with van der Waals surface area (Å²) in [7, 11) is 0. The number of hydrogen-bond donors (Lipinski definition) is 2. The Morgan fingerprint density at radius 1 is 1.08 bits per heavy atom. The van der Waals surface area contributed by atoms with Gasteiger partial charge >= 0.3 is 0 Å². The van der Waals surface area contributed by atoms with Gasteiger partial charge in [-0.2, -0.15) is 0 Å². The minimum Gasteiger partial charge on any atom is -0.391 e. The Bertz CT molecular complexity index is 654. The van der Waals surface area contributed by atoms with Gasteiger partial charge in [0, 0.05) is 50.0 Å². The lowest BCUT2D eigenvalue weighted by Crippen LogP contribution is -2.48. The number of rotatable bonds is 6. The molecule has 3 heterocycles. The number of piperidine rings is 1. The second kappa shape index (κ2) is 8.29. The van der Waals surface area contributed by atoms with Crippen LogP contribution in [0.15, 0.2) is 43.2 Å². The Kier molecular flexibility index (Phi) is 5.62. The van der Waals surface area contributed by atoms with Crippen LogP contribution >= 0.6 is 0 Å².